The van der Waals surface area contributed by atoms with Gasteiger partial charge in [-0.1, -0.05) is 13.3 Å². The summed E-state index contributed by atoms with van der Waals surface area (Å²) in [7, 11) is 2.20. The van der Waals surface area contributed by atoms with Crippen molar-refractivity contribution in [2.75, 3.05) is 13.6 Å². The third-order valence-electron chi connectivity index (χ3n) is 4.65. The standard InChI is InChI=1S/C14H24N2O/c1-11-5-4-7-14(11,10-15)16(3)9-13-6-8-17-12(13)2/h6,8,11H,4-5,7,9-10,15H2,1-3H3. The third-order valence-corrected chi connectivity index (χ3v) is 4.65. The van der Waals surface area contributed by atoms with Crippen LogP contribution >= 0.6 is 0 Å². The van der Waals surface area contributed by atoms with Gasteiger partial charge in [0.1, 0.15) is 5.76 Å². The summed E-state index contributed by atoms with van der Waals surface area (Å²) >= 11 is 0. The van der Waals surface area contributed by atoms with Gasteiger partial charge >= 0.3 is 0 Å². The SMILES string of the molecule is Cc1occc1CN(C)C1(CN)CCCC1C. The molecule has 96 valence electrons. The molecule has 1 aliphatic carbocycles. The van der Waals surface area contributed by atoms with Crippen molar-refractivity contribution in [3.8, 4) is 0 Å². The molecule has 0 aromatic carbocycles. The molecule has 0 saturated heterocycles. The molecule has 0 radical (unpaired) electrons. The molecule has 17 heavy (non-hydrogen) atoms. The summed E-state index contributed by atoms with van der Waals surface area (Å²) in [6, 6.07) is 2.07. The number of aryl methyl sites for hydroxylation is 1. The van der Waals surface area contributed by atoms with Crippen LogP contribution < -0.4 is 5.73 Å². The Bertz CT molecular complexity index is 374. The number of nitrogens with two attached hydrogens (primary N) is 1. The van der Waals surface area contributed by atoms with Crippen molar-refractivity contribution in [3.63, 3.8) is 0 Å². The molecule has 1 heterocycles. The first-order chi connectivity index (χ1) is 8.10. The van der Waals surface area contributed by atoms with E-state index in [2.05, 4.69) is 24.9 Å². The maximum Gasteiger partial charge on any atom is 0.105 e. The highest BCUT2D eigenvalue weighted by atomic mass is 16.3. The zero-order valence-corrected chi connectivity index (χ0v) is 11.2. The van der Waals surface area contributed by atoms with Gasteiger partial charge in [0.2, 0.25) is 0 Å². The molecule has 1 fully saturated rings. The summed E-state index contributed by atoms with van der Waals surface area (Å²) < 4.78 is 5.36. The van der Waals surface area contributed by atoms with Crippen LogP contribution in [0.4, 0.5) is 0 Å². The maximum absolute atomic E-state index is 6.06. The van der Waals surface area contributed by atoms with Gasteiger partial charge in [0.15, 0.2) is 0 Å². The molecule has 3 nitrogen and oxygen atoms in total. The van der Waals surface area contributed by atoms with E-state index in [0.29, 0.717) is 5.92 Å². The molecule has 2 rings (SSSR count). The molecular weight excluding hydrogens is 212 g/mol. The summed E-state index contributed by atoms with van der Waals surface area (Å²) in [4.78, 5) is 2.43. The average Bonchev–Trinajstić information content (AvgIpc) is 2.87. The highest BCUT2D eigenvalue weighted by molar-refractivity contribution is 5.16. The van der Waals surface area contributed by atoms with Gasteiger partial charge in [0.05, 0.1) is 6.26 Å². The Kier molecular flexibility index (Phi) is 3.59. The van der Waals surface area contributed by atoms with Crippen molar-refractivity contribution >= 4 is 0 Å². The summed E-state index contributed by atoms with van der Waals surface area (Å²) in [6.45, 7) is 6.04. The van der Waals surface area contributed by atoms with Gasteiger partial charge in [-0.05, 0) is 38.8 Å². The van der Waals surface area contributed by atoms with E-state index in [4.69, 9.17) is 10.2 Å². The Labute approximate surface area is 104 Å². The first kappa shape index (κ1) is 12.7. The Morgan fingerprint density at radius 3 is 2.82 bits per heavy atom. The van der Waals surface area contributed by atoms with Crippen LogP contribution in [0.5, 0.6) is 0 Å². The lowest BCUT2D eigenvalue weighted by Gasteiger charge is -2.41. The second-order valence-electron chi connectivity index (χ2n) is 5.46. The normalized spacial score (nSPS) is 29.1. The van der Waals surface area contributed by atoms with Crippen molar-refractivity contribution in [3.05, 3.63) is 23.7 Å². The predicted octanol–water partition coefficient (Wildman–Crippen LogP) is 2.54. The monoisotopic (exact) mass is 236 g/mol. The third kappa shape index (κ3) is 2.14. The van der Waals surface area contributed by atoms with E-state index in [1.54, 1.807) is 6.26 Å². The van der Waals surface area contributed by atoms with Crippen LogP contribution in [-0.2, 0) is 6.54 Å². The topological polar surface area (TPSA) is 42.4 Å². The number of nitrogens with zero attached hydrogens (tertiary/aromatic N) is 1. The molecule has 0 amide bonds. The number of likely N-dealkylation sites (N-methyl/N-ethyl adjacent to an activating group) is 1. The lowest BCUT2D eigenvalue weighted by Crippen LogP contribution is -2.53. The van der Waals surface area contributed by atoms with Crippen molar-refractivity contribution in [2.24, 2.45) is 11.7 Å². The molecule has 1 aromatic heterocycles. The fourth-order valence-electron chi connectivity index (χ4n) is 3.24. The lowest BCUT2D eigenvalue weighted by molar-refractivity contribution is 0.0837. The van der Waals surface area contributed by atoms with Gasteiger partial charge in [-0.3, -0.25) is 4.90 Å². The molecule has 2 atom stereocenters. The zero-order chi connectivity index (χ0) is 12.5. The van der Waals surface area contributed by atoms with Gasteiger partial charge in [-0.15, -0.1) is 0 Å². The summed E-state index contributed by atoms with van der Waals surface area (Å²) in [5, 5.41) is 0. The molecule has 2 N–H and O–H groups in total. The molecule has 1 aliphatic rings. The Morgan fingerprint density at radius 2 is 2.35 bits per heavy atom. The smallest absolute Gasteiger partial charge is 0.105 e. The van der Waals surface area contributed by atoms with Crippen LogP contribution in [-0.4, -0.2) is 24.0 Å². The van der Waals surface area contributed by atoms with E-state index < -0.39 is 0 Å². The fourth-order valence-corrected chi connectivity index (χ4v) is 3.24. The van der Waals surface area contributed by atoms with Crippen LogP contribution in [0.3, 0.4) is 0 Å². The second kappa shape index (κ2) is 4.83. The van der Waals surface area contributed by atoms with Gasteiger partial charge in [-0.25, -0.2) is 0 Å². The Morgan fingerprint density at radius 1 is 1.59 bits per heavy atom. The highest BCUT2D eigenvalue weighted by Crippen LogP contribution is 2.39. The van der Waals surface area contributed by atoms with E-state index in [1.165, 1.54) is 24.8 Å². The van der Waals surface area contributed by atoms with Gasteiger partial charge in [0.25, 0.3) is 0 Å². The molecule has 1 aromatic rings. The fraction of sp³-hybridized carbons (Fsp3) is 0.714. The Hall–Kier alpha value is -0.800. The maximum atomic E-state index is 6.06. The highest BCUT2D eigenvalue weighted by Gasteiger charge is 2.42. The molecule has 1 saturated carbocycles. The van der Waals surface area contributed by atoms with Crippen molar-refractivity contribution in [1.29, 1.82) is 0 Å². The van der Waals surface area contributed by atoms with Gasteiger partial charge < -0.3 is 10.2 Å². The van der Waals surface area contributed by atoms with E-state index in [0.717, 1.165) is 18.8 Å². The minimum absolute atomic E-state index is 0.184. The van der Waals surface area contributed by atoms with Crippen molar-refractivity contribution < 1.29 is 4.42 Å². The molecule has 2 unspecified atom stereocenters. The van der Waals surface area contributed by atoms with Crippen LogP contribution in [0.15, 0.2) is 16.7 Å². The molecule has 0 spiro atoms. The average molecular weight is 236 g/mol. The van der Waals surface area contributed by atoms with Crippen LogP contribution in [0, 0.1) is 12.8 Å². The summed E-state index contributed by atoms with van der Waals surface area (Å²) in [6.07, 6.45) is 5.59. The molecule has 0 aliphatic heterocycles. The first-order valence-electron chi connectivity index (χ1n) is 6.54. The zero-order valence-electron chi connectivity index (χ0n) is 11.2. The van der Waals surface area contributed by atoms with E-state index in [-0.39, 0.29) is 5.54 Å². The predicted molar refractivity (Wildman–Crippen MR) is 69.7 cm³/mol. The Balaban J connectivity index is 2.13. The minimum Gasteiger partial charge on any atom is -0.469 e. The lowest BCUT2D eigenvalue weighted by atomic mass is 9.86. The number of rotatable bonds is 4. The van der Waals surface area contributed by atoms with Gasteiger partial charge in [-0.2, -0.15) is 0 Å². The largest absolute Gasteiger partial charge is 0.469 e. The number of hydrogen-bond donors (Lipinski definition) is 1. The molecule has 0 bridgehead atoms. The summed E-state index contributed by atoms with van der Waals surface area (Å²) in [5.74, 6) is 1.71. The van der Waals surface area contributed by atoms with Crippen LogP contribution in [0.2, 0.25) is 0 Å². The minimum atomic E-state index is 0.184. The quantitative estimate of drug-likeness (QED) is 0.873. The summed E-state index contributed by atoms with van der Waals surface area (Å²) in [5.41, 5.74) is 7.52. The molecule has 3 heteroatoms. The molecular formula is C14H24N2O. The number of hydrogen-bond acceptors (Lipinski definition) is 3. The van der Waals surface area contributed by atoms with Gasteiger partial charge in [0, 0.05) is 24.2 Å². The van der Waals surface area contributed by atoms with Crippen LogP contribution in [0.25, 0.3) is 0 Å². The van der Waals surface area contributed by atoms with Crippen LogP contribution in [0.1, 0.15) is 37.5 Å². The first-order valence-corrected chi connectivity index (χ1v) is 6.54. The van der Waals surface area contributed by atoms with E-state index in [1.807, 2.05) is 6.92 Å². The number of furan rings is 1. The van der Waals surface area contributed by atoms with E-state index in [9.17, 15) is 0 Å². The van der Waals surface area contributed by atoms with Crippen molar-refractivity contribution in [2.45, 2.75) is 45.2 Å². The van der Waals surface area contributed by atoms with Crippen molar-refractivity contribution in [1.82, 2.24) is 4.90 Å². The second-order valence-corrected chi connectivity index (χ2v) is 5.46. The van der Waals surface area contributed by atoms with E-state index >= 15 is 0 Å².